The number of hydrogen-bond acceptors (Lipinski definition) is 1. The van der Waals surface area contributed by atoms with Crippen LogP contribution in [0, 0.1) is 0 Å². The molecule has 0 atom stereocenters. The van der Waals surface area contributed by atoms with Crippen LogP contribution >= 0.6 is 11.3 Å². The van der Waals surface area contributed by atoms with Crippen molar-refractivity contribution in [2.45, 2.75) is 51.9 Å². The van der Waals surface area contributed by atoms with E-state index >= 15 is 0 Å². The van der Waals surface area contributed by atoms with Crippen LogP contribution < -0.4 is 0 Å². The summed E-state index contributed by atoms with van der Waals surface area (Å²) in [5, 5.41) is 8.29. The molecule has 1 heteroatoms. The molecule has 146 valence electrons. The second-order valence-corrected chi connectivity index (χ2v) is 9.33. The zero-order valence-corrected chi connectivity index (χ0v) is 18.0. The van der Waals surface area contributed by atoms with Gasteiger partial charge in [0.15, 0.2) is 0 Å². The first-order valence-electron chi connectivity index (χ1n) is 11.1. The van der Waals surface area contributed by atoms with E-state index < -0.39 is 0 Å². The van der Waals surface area contributed by atoms with Gasteiger partial charge < -0.3 is 0 Å². The Hall–Kier alpha value is -2.38. The Kier molecular flexibility index (Phi) is 5.24. The third-order valence-electron chi connectivity index (χ3n) is 6.24. The van der Waals surface area contributed by atoms with E-state index in [1.54, 1.807) is 0 Å². The lowest BCUT2D eigenvalue weighted by Gasteiger charge is -2.08. The summed E-state index contributed by atoms with van der Waals surface area (Å²) in [7, 11) is 0. The zero-order chi connectivity index (χ0) is 19.6. The maximum Gasteiger partial charge on any atom is 0.0434 e. The standard InChI is InChI=1S/C28H28S/c1-2-3-4-5-6-7-10-20-13-15-22-21(19-20)14-16-25-23(22)17-18-26-24-11-8-9-12-27(24)29-28(25)26/h8-9,11-19H,2-7,10H2,1H3. The maximum absolute atomic E-state index is 2.41. The van der Waals surface area contributed by atoms with Gasteiger partial charge in [0.05, 0.1) is 0 Å². The minimum absolute atomic E-state index is 1.20. The van der Waals surface area contributed by atoms with Gasteiger partial charge in [-0.3, -0.25) is 0 Å². The van der Waals surface area contributed by atoms with Crippen molar-refractivity contribution in [2.75, 3.05) is 0 Å². The highest BCUT2D eigenvalue weighted by molar-refractivity contribution is 7.26. The van der Waals surface area contributed by atoms with Gasteiger partial charge in [-0.05, 0) is 40.6 Å². The van der Waals surface area contributed by atoms with E-state index in [0.29, 0.717) is 0 Å². The van der Waals surface area contributed by atoms with Crippen LogP contribution in [0.25, 0.3) is 41.7 Å². The Bertz CT molecular complexity index is 1290. The Morgan fingerprint density at radius 1 is 0.621 bits per heavy atom. The van der Waals surface area contributed by atoms with Crippen LogP contribution in [-0.4, -0.2) is 0 Å². The molecule has 0 N–H and O–H groups in total. The molecule has 0 amide bonds. The SMILES string of the molecule is CCCCCCCCc1ccc2c(ccc3c2ccc2c4ccccc4sc23)c1. The molecular weight excluding hydrogens is 368 g/mol. The lowest BCUT2D eigenvalue weighted by molar-refractivity contribution is 0.607. The molecule has 5 aromatic rings. The first-order chi connectivity index (χ1) is 14.3. The Morgan fingerprint density at radius 2 is 1.34 bits per heavy atom. The largest absolute Gasteiger partial charge is 0.135 e. The number of fused-ring (bicyclic) bond motifs is 7. The summed E-state index contributed by atoms with van der Waals surface area (Å²) in [6, 6.07) is 25.2. The van der Waals surface area contributed by atoms with Gasteiger partial charge in [0, 0.05) is 25.6 Å². The third kappa shape index (κ3) is 3.53. The van der Waals surface area contributed by atoms with Crippen LogP contribution in [0.4, 0.5) is 0 Å². The van der Waals surface area contributed by atoms with E-state index in [1.807, 2.05) is 11.3 Å². The summed E-state index contributed by atoms with van der Waals surface area (Å²) in [6.45, 7) is 2.28. The second kappa shape index (κ2) is 8.16. The maximum atomic E-state index is 2.41. The molecule has 0 radical (unpaired) electrons. The van der Waals surface area contributed by atoms with Crippen molar-refractivity contribution in [3.8, 4) is 0 Å². The van der Waals surface area contributed by atoms with Crippen molar-refractivity contribution in [1.29, 1.82) is 0 Å². The van der Waals surface area contributed by atoms with E-state index in [2.05, 4.69) is 73.7 Å². The van der Waals surface area contributed by atoms with Gasteiger partial charge in [0.1, 0.15) is 0 Å². The number of unbranched alkanes of at least 4 members (excludes halogenated alkanes) is 5. The summed E-state index contributed by atoms with van der Waals surface area (Å²) < 4.78 is 2.80. The van der Waals surface area contributed by atoms with E-state index in [-0.39, 0.29) is 0 Å². The fourth-order valence-electron chi connectivity index (χ4n) is 4.64. The van der Waals surface area contributed by atoms with Crippen LogP contribution in [0.3, 0.4) is 0 Å². The van der Waals surface area contributed by atoms with E-state index in [4.69, 9.17) is 0 Å². The highest BCUT2D eigenvalue weighted by Gasteiger charge is 2.10. The van der Waals surface area contributed by atoms with Gasteiger partial charge in [-0.25, -0.2) is 0 Å². The number of hydrogen-bond donors (Lipinski definition) is 0. The fourth-order valence-corrected chi connectivity index (χ4v) is 5.87. The lowest BCUT2D eigenvalue weighted by atomic mass is 9.97. The first-order valence-corrected chi connectivity index (χ1v) is 11.9. The highest BCUT2D eigenvalue weighted by Crippen LogP contribution is 2.40. The molecule has 29 heavy (non-hydrogen) atoms. The van der Waals surface area contributed by atoms with E-state index in [9.17, 15) is 0 Å². The molecular formula is C28H28S. The van der Waals surface area contributed by atoms with E-state index in [0.717, 1.165) is 0 Å². The van der Waals surface area contributed by atoms with Gasteiger partial charge in [-0.15, -0.1) is 11.3 Å². The van der Waals surface area contributed by atoms with Crippen molar-refractivity contribution in [3.63, 3.8) is 0 Å². The molecule has 4 aromatic carbocycles. The normalized spacial score (nSPS) is 11.9. The van der Waals surface area contributed by atoms with Crippen LogP contribution in [-0.2, 0) is 6.42 Å². The number of benzene rings is 4. The summed E-state index contributed by atoms with van der Waals surface area (Å²) in [5.41, 5.74) is 1.48. The Morgan fingerprint density at radius 3 is 2.28 bits per heavy atom. The molecule has 0 aliphatic heterocycles. The van der Waals surface area contributed by atoms with Gasteiger partial charge in [0.25, 0.3) is 0 Å². The molecule has 0 aliphatic carbocycles. The minimum Gasteiger partial charge on any atom is -0.135 e. The van der Waals surface area contributed by atoms with E-state index in [1.165, 1.54) is 92.2 Å². The first kappa shape index (κ1) is 18.6. The molecule has 5 rings (SSSR count). The average Bonchev–Trinajstić information content (AvgIpc) is 3.15. The van der Waals surface area contributed by atoms with Gasteiger partial charge >= 0.3 is 0 Å². The fraction of sp³-hybridized carbons (Fsp3) is 0.286. The van der Waals surface area contributed by atoms with Crippen molar-refractivity contribution in [3.05, 3.63) is 72.3 Å². The topological polar surface area (TPSA) is 0 Å². The molecule has 0 nitrogen and oxygen atoms in total. The molecule has 0 unspecified atom stereocenters. The molecule has 0 saturated heterocycles. The van der Waals surface area contributed by atoms with Gasteiger partial charge in [-0.2, -0.15) is 0 Å². The molecule has 0 fully saturated rings. The molecule has 0 aliphatic rings. The minimum atomic E-state index is 1.20. The molecule has 0 spiro atoms. The van der Waals surface area contributed by atoms with Crippen LogP contribution in [0.5, 0.6) is 0 Å². The second-order valence-electron chi connectivity index (χ2n) is 8.27. The van der Waals surface area contributed by atoms with Crippen LogP contribution in [0.15, 0.2) is 66.7 Å². The van der Waals surface area contributed by atoms with Crippen molar-refractivity contribution in [2.24, 2.45) is 0 Å². The number of aryl methyl sites for hydroxylation is 1. The quantitative estimate of drug-likeness (QED) is 0.190. The number of thiophene rings is 1. The van der Waals surface area contributed by atoms with Crippen LogP contribution in [0.1, 0.15) is 51.0 Å². The monoisotopic (exact) mass is 396 g/mol. The molecule has 1 heterocycles. The van der Waals surface area contributed by atoms with Crippen molar-refractivity contribution >= 4 is 53.1 Å². The summed E-state index contributed by atoms with van der Waals surface area (Å²) >= 11 is 1.92. The summed E-state index contributed by atoms with van der Waals surface area (Å²) in [4.78, 5) is 0. The zero-order valence-electron chi connectivity index (χ0n) is 17.2. The summed E-state index contributed by atoms with van der Waals surface area (Å²) in [5.74, 6) is 0. The third-order valence-corrected chi connectivity index (χ3v) is 7.46. The van der Waals surface area contributed by atoms with Gasteiger partial charge in [0.2, 0.25) is 0 Å². The van der Waals surface area contributed by atoms with Crippen molar-refractivity contribution < 1.29 is 0 Å². The van der Waals surface area contributed by atoms with Gasteiger partial charge in [-0.1, -0.05) is 99.7 Å². The van der Waals surface area contributed by atoms with Crippen molar-refractivity contribution in [1.82, 2.24) is 0 Å². The Labute approximate surface area is 177 Å². The Balaban J connectivity index is 1.47. The molecule has 0 bridgehead atoms. The lowest BCUT2D eigenvalue weighted by Crippen LogP contribution is -1.87. The predicted octanol–water partition coefficient (Wildman–Crippen LogP) is 9.26. The summed E-state index contributed by atoms with van der Waals surface area (Å²) in [6.07, 6.45) is 9.37. The molecule has 1 aromatic heterocycles. The average molecular weight is 397 g/mol. The predicted molar refractivity (Wildman–Crippen MR) is 131 cm³/mol. The molecule has 0 saturated carbocycles. The van der Waals surface area contributed by atoms with Crippen LogP contribution in [0.2, 0.25) is 0 Å². The number of rotatable bonds is 7. The highest BCUT2D eigenvalue weighted by atomic mass is 32.1. The smallest absolute Gasteiger partial charge is 0.0434 e.